The molecule has 1 aromatic carbocycles. The summed E-state index contributed by atoms with van der Waals surface area (Å²) in [6.45, 7) is 5.88. The van der Waals surface area contributed by atoms with Crippen LogP contribution >= 0.6 is 22.9 Å². The van der Waals surface area contributed by atoms with Gasteiger partial charge in [0.1, 0.15) is 21.8 Å². The minimum atomic E-state index is -0.363. The van der Waals surface area contributed by atoms with Gasteiger partial charge in [-0.3, -0.25) is 0 Å². The minimum Gasteiger partial charge on any atom is -0.462 e. The van der Waals surface area contributed by atoms with Gasteiger partial charge in [0.05, 0.1) is 17.0 Å². The van der Waals surface area contributed by atoms with Crippen LogP contribution in [0, 0.1) is 13.8 Å². The van der Waals surface area contributed by atoms with E-state index in [1.807, 2.05) is 26.0 Å². The Kier molecular flexibility index (Phi) is 4.69. The molecular weight excluding hydrogens is 348 g/mol. The zero-order chi connectivity index (χ0) is 17.3. The maximum atomic E-state index is 12.1. The lowest BCUT2D eigenvalue weighted by Crippen LogP contribution is -2.03. The fourth-order valence-electron chi connectivity index (χ4n) is 2.30. The van der Waals surface area contributed by atoms with Gasteiger partial charge < -0.3 is 9.47 Å². The summed E-state index contributed by atoms with van der Waals surface area (Å²) in [5.74, 6) is 0.522. The number of ether oxygens (including phenoxy) is 2. The Labute approximate surface area is 148 Å². The van der Waals surface area contributed by atoms with Crippen molar-refractivity contribution in [2.24, 2.45) is 0 Å². The van der Waals surface area contributed by atoms with E-state index in [0.717, 1.165) is 11.1 Å². The summed E-state index contributed by atoms with van der Waals surface area (Å²) in [5, 5.41) is 1.19. The number of hydrogen-bond donors (Lipinski definition) is 0. The van der Waals surface area contributed by atoms with Crippen molar-refractivity contribution in [2.45, 2.75) is 20.8 Å². The first kappa shape index (κ1) is 16.7. The van der Waals surface area contributed by atoms with E-state index in [9.17, 15) is 4.79 Å². The molecule has 0 aliphatic carbocycles. The van der Waals surface area contributed by atoms with E-state index in [2.05, 4.69) is 9.97 Å². The third-order valence-electron chi connectivity index (χ3n) is 3.45. The van der Waals surface area contributed by atoms with E-state index < -0.39 is 0 Å². The molecule has 0 saturated heterocycles. The smallest absolute Gasteiger partial charge is 0.348 e. The van der Waals surface area contributed by atoms with Gasteiger partial charge in [-0.25, -0.2) is 14.8 Å². The standard InChI is InChI=1S/C17H15ClN2O3S/c1-4-22-17(21)14-10(3)13-15(19-8-20-16(13)24-14)23-12-7-9(2)5-6-11(12)18/h5-8H,4H2,1-3H3. The molecule has 0 aliphatic heterocycles. The van der Waals surface area contributed by atoms with E-state index in [4.69, 9.17) is 21.1 Å². The van der Waals surface area contributed by atoms with Crippen molar-refractivity contribution >= 4 is 39.1 Å². The van der Waals surface area contributed by atoms with E-state index in [0.29, 0.717) is 38.4 Å². The molecule has 7 heteroatoms. The van der Waals surface area contributed by atoms with Crippen molar-refractivity contribution in [3.05, 3.63) is 45.6 Å². The number of aryl methyl sites for hydroxylation is 2. The second kappa shape index (κ2) is 6.75. The molecule has 0 saturated carbocycles. The maximum absolute atomic E-state index is 12.1. The van der Waals surface area contributed by atoms with Crippen molar-refractivity contribution in [1.82, 2.24) is 9.97 Å². The third-order valence-corrected chi connectivity index (χ3v) is 4.94. The van der Waals surface area contributed by atoms with Gasteiger partial charge >= 0.3 is 5.97 Å². The van der Waals surface area contributed by atoms with Crippen molar-refractivity contribution in [3.8, 4) is 11.6 Å². The monoisotopic (exact) mass is 362 g/mol. The Hall–Kier alpha value is -2.18. The molecular formula is C17H15ClN2O3S. The molecule has 3 rings (SSSR count). The predicted octanol–water partition coefficient (Wildman–Crippen LogP) is 4.93. The Morgan fingerprint density at radius 3 is 2.83 bits per heavy atom. The third kappa shape index (κ3) is 3.07. The molecule has 2 aromatic heterocycles. The van der Waals surface area contributed by atoms with Gasteiger partial charge in [0.25, 0.3) is 0 Å². The zero-order valence-corrected chi connectivity index (χ0v) is 15.0. The van der Waals surface area contributed by atoms with Crippen LogP contribution in [0.2, 0.25) is 5.02 Å². The lowest BCUT2D eigenvalue weighted by atomic mass is 10.2. The minimum absolute atomic E-state index is 0.320. The highest BCUT2D eigenvalue weighted by atomic mass is 35.5. The number of benzene rings is 1. The summed E-state index contributed by atoms with van der Waals surface area (Å²) in [7, 11) is 0. The second-order valence-electron chi connectivity index (χ2n) is 5.17. The number of hydrogen-bond acceptors (Lipinski definition) is 6. The van der Waals surface area contributed by atoms with Crippen molar-refractivity contribution < 1.29 is 14.3 Å². The molecule has 0 aliphatic rings. The molecule has 2 heterocycles. The first-order chi connectivity index (χ1) is 11.5. The summed E-state index contributed by atoms with van der Waals surface area (Å²) in [6.07, 6.45) is 1.41. The molecule has 3 aromatic rings. The normalized spacial score (nSPS) is 10.8. The first-order valence-electron chi connectivity index (χ1n) is 7.36. The van der Waals surface area contributed by atoms with Crippen LogP contribution in [-0.4, -0.2) is 22.5 Å². The summed E-state index contributed by atoms with van der Waals surface area (Å²) < 4.78 is 11.0. The van der Waals surface area contributed by atoms with E-state index in [-0.39, 0.29) is 5.97 Å². The number of halogens is 1. The largest absolute Gasteiger partial charge is 0.462 e. The molecule has 0 fully saturated rings. The van der Waals surface area contributed by atoms with Gasteiger partial charge in [-0.15, -0.1) is 11.3 Å². The van der Waals surface area contributed by atoms with E-state index in [1.165, 1.54) is 17.7 Å². The van der Waals surface area contributed by atoms with Gasteiger partial charge in [-0.05, 0) is 44.0 Å². The highest BCUT2D eigenvalue weighted by molar-refractivity contribution is 7.20. The summed E-state index contributed by atoms with van der Waals surface area (Å²) >= 11 is 7.46. The molecule has 0 spiro atoms. The number of esters is 1. The number of nitrogens with zero attached hydrogens (tertiary/aromatic N) is 2. The van der Waals surface area contributed by atoms with Crippen LogP contribution in [0.3, 0.4) is 0 Å². The topological polar surface area (TPSA) is 61.3 Å². The summed E-state index contributed by atoms with van der Waals surface area (Å²) in [4.78, 5) is 21.7. The molecule has 0 atom stereocenters. The summed E-state index contributed by atoms with van der Waals surface area (Å²) in [5.41, 5.74) is 1.77. The lowest BCUT2D eigenvalue weighted by molar-refractivity contribution is 0.0531. The Morgan fingerprint density at radius 1 is 1.29 bits per heavy atom. The highest BCUT2D eigenvalue weighted by Crippen LogP contribution is 2.38. The van der Waals surface area contributed by atoms with E-state index in [1.54, 1.807) is 13.0 Å². The quantitative estimate of drug-likeness (QED) is 0.616. The fraction of sp³-hybridized carbons (Fsp3) is 0.235. The summed E-state index contributed by atoms with van der Waals surface area (Å²) in [6, 6.07) is 5.51. The van der Waals surface area contributed by atoms with Crippen LogP contribution < -0.4 is 4.74 Å². The molecule has 124 valence electrons. The van der Waals surface area contributed by atoms with Gasteiger partial charge in [-0.2, -0.15) is 0 Å². The molecule has 24 heavy (non-hydrogen) atoms. The molecule has 0 N–H and O–H groups in total. The van der Waals surface area contributed by atoms with Crippen molar-refractivity contribution in [3.63, 3.8) is 0 Å². The number of thiophene rings is 1. The number of rotatable bonds is 4. The van der Waals surface area contributed by atoms with E-state index >= 15 is 0 Å². The van der Waals surface area contributed by atoms with Crippen LogP contribution in [0.4, 0.5) is 0 Å². The Bertz CT molecular complexity index is 924. The first-order valence-corrected chi connectivity index (χ1v) is 8.56. The van der Waals surface area contributed by atoms with Gasteiger partial charge in [0.15, 0.2) is 0 Å². The SMILES string of the molecule is CCOC(=O)c1sc2ncnc(Oc3cc(C)ccc3Cl)c2c1C. The predicted molar refractivity (Wildman–Crippen MR) is 94.4 cm³/mol. The Balaban J connectivity index is 2.09. The van der Waals surface area contributed by atoms with Gasteiger partial charge in [0.2, 0.25) is 5.88 Å². The van der Waals surface area contributed by atoms with Crippen LogP contribution in [0.25, 0.3) is 10.2 Å². The molecule has 5 nitrogen and oxygen atoms in total. The highest BCUT2D eigenvalue weighted by Gasteiger charge is 2.21. The van der Waals surface area contributed by atoms with Crippen LogP contribution in [0.5, 0.6) is 11.6 Å². The van der Waals surface area contributed by atoms with Crippen LogP contribution in [0.15, 0.2) is 24.5 Å². The van der Waals surface area contributed by atoms with Crippen molar-refractivity contribution in [1.29, 1.82) is 0 Å². The maximum Gasteiger partial charge on any atom is 0.348 e. The zero-order valence-electron chi connectivity index (χ0n) is 13.4. The number of carbonyl (C=O) groups is 1. The average Bonchev–Trinajstić information content (AvgIpc) is 2.89. The second-order valence-corrected chi connectivity index (χ2v) is 6.58. The number of aromatic nitrogens is 2. The number of carbonyl (C=O) groups excluding carboxylic acids is 1. The van der Waals surface area contributed by atoms with Crippen molar-refractivity contribution in [2.75, 3.05) is 6.61 Å². The number of fused-ring (bicyclic) bond motifs is 1. The van der Waals surface area contributed by atoms with Crippen LogP contribution in [0.1, 0.15) is 27.7 Å². The Morgan fingerprint density at radius 2 is 2.08 bits per heavy atom. The molecule has 0 unspecified atom stereocenters. The lowest BCUT2D eigenvalue weighted by Gasteiger charge is -2.08. The average molecular weight is 363 g/mol. The molecule has 0 bridgehead atoms. The molecule has 0 amide bonds. The van der Waals surface area contributed by atoms with Gasteiger partial charge in [-0.1, -0.05) is 17.7 Å². The fourth-order valence-corrected chi connectivity index (χ4v) is 3.49. The molecule has 0 radical (unpaired) electrons. The van der Waals surface area contributed by atoms with Gasteiger partial charge in [0, 0.05) is 0 Å². The van der Waals surface area contributed by atoms with Crippen LogP contribution in [-0.2, 0) is 4.74 Å².